The van der Waals surface area contributed by atoms with Crippen molar-refractivity contribution in [2.24, 2.45) is 5.92 Å². The molecule has 5 heteroatoms. The molecule has 4 aromatic carbocycles. The Morgan fingerprint density at radius 3 is 2.31 bits per heavy atom. The molecular weight excluding hydrogens is 436 g/mol. The first-order valence-electron chi connectivity index (χ1n) is 13.0. The predicted molar refractivity (Wildman–Crippen MR) is 142 cm³/mol. The maximum absolute atomic E-state index is 12.5. The van der Waals surface area contributed by atoms with Crippen molar-refractivity contribution in [1.82, 2.24) is 10.6 Å². The van der Waals surface area contributed by atoms with Crippen molar-refractivity contribution in [3.8, 4) is 0 Å². The van der Waals surface area contributed by atoms with Crippen LogP contribution in [0.15, 0.2) is 54.6 Å². The molecule has 5 nitrogen and oxygen atoms in total. The second-order valence-electron chi connectivity index (χ2n) is 9.99. The lowest BCUT2D eigenvalue weighted by Crippen LogP contribution is -2.49. The number of carbonyl (C=O) groups excluding carboxylic acids is 2. The molecule has 0 bridgehead atoms. The molecule has 0 radical (unpaired) electrons. The molecule has 182 valence electrons. The first-order chi connectivity index (χ1) is 17.1. The molecule has 35 heavy (non-hydrogen) atoms. The van der Waals surface area contributed by atoms with E-state index in [-0.39, 0.29) is 11.8 Å². The summed E-state index contributed by atoms with van der Waals surface area (Å²) in [5.74, 6) is 0.0146. The van der Waals surface area contributed by atoms with Crippen LogP contribution in [0.4, 0.5) is 0 Å². The van der Waals surface area contributed by atoms with Crippen molar-refractivity contribution in [2.45, 2.75) is 57.4 Å². The van der Waals surface area contributed by atoms with E-state index in [1.165, 1.54) is 57.1 Å². The van der Waals surface area contributed by atoms with Gasteiger partial charge in [0.15, 0.2) is 0 Å². The molecular formula is C30H34N2O3. The molecule has 5 rings (SSSR count). The van der Waals surface area contributed by atoms with Crippen molar-refractivity contribution in [1.29, 1.82) is 0 Å². The fraction of sp³-hybridized carbons (Fsp3) is 0.400. The van der Waals surface area contributed by atoms with E-state index in [9.17, 15) is 14.7 Å². The van der Waals surface area contributed by atoms with Crippen LogP contribution in [-0.4, -0.2) is 36.1 Å². The average molecular weight is 471 g/mol. The highest BCUT2D eigenvalue weighted by Gasteiger charge is 2.21. The lowest BCUT2D eigenvalue weighted by Gasteiger charge is -2.23. The predicted octanol–water partition coefficient (Wildman–Crippen LogP) is 5.08. The number of hydrogen-bond acceptors (Lipinski definition) is 3. The number of rotatable bonds is 9. The van der Waals surface area contributed by atoms with Gasteiger partial charge in [0.05, 0.1) is 6.61 Å². The number of nitrogens with one attached hydrogen (secondary N) is 2. The summed E-state index contributed by atoms with van der Waals surface area (Å²) in [5, 5.41) is 22.8. The van der Waals surface area contributed by atoms with E-state index in [4.69, 9.17) is 0 Å². The minimum Gasteiger partial charge on any atom is -0.394 e. The Bertz CT molecular complexity index is 1310. The van der Waals surface area contributed by atoms with Crippen molar-refractivity contribution in [3.05, 3.63) is 60.2 Å². The molecule has 1 saturated carbocycles. The number of aliphatic hydroxyl groups is 1. The average Bonchev–Trinajstić information content (AvgIpc) is 2.90. The van der Waals surface area contributed by atoms with Gasteiger partial charge in [-0.05, 0) is 69.5 Å². The number of amides is 2. The standard InChI is InChI=1S/C30H34N2O3/c33-19-26(30(35)31-18-20-6-2-1-3-7-20)32-27(34)11-5-8-21-12-13-24-15-14-22-9-4-10-23-16-17-25(21)29(24)28(22)23/h4,9-10,12-17,20,26,33H,1-3,5-8,11,18-19H2,(H,31,35)(H,32,34)/t26-/m0/s1. The van der Waals surface area contributed by atoms with E-state index in [0.717, 1.165) is 19.3 Å². The number of aryl methyl sites for hydroxylation is 1. The first kappa shape index (κ1) is 23.6. The maximum atomic E-state index is 12.5. The second kappa shape index (κ2) is 10.6. The summed E-state index contributed by atoms with van der Waals surface area (Å²) in [7, 11) is 0. The third-order valence-corrected chi connectivity index (χ3v) is 7.59. The topological polar surface area (TPSA) is 78.4 Å². The maximum Gasteiger partial charge on any atom is 0.244 e. The molecule has 4 aromatic rings. The fourth-order valence-electron chi connectivity index (χ4n) is 5.67. The van der Waals surface area contributed by atoms with E-state index in [2.05, 4.69) is 65.2 Å². The molecule has 1 fully saturated rings. The van der Waals surface area contributed by atoms with E-state index >= 15 is 0 Å². The van der Waals surface area contributed by atoms with Crippen LogP contribution in [0.25, 0.3) is 32.3 Å². The Hall–Kier alpha value is -3.18. The summed E-state index contributed by atoms with van der Waals surface area (Å²) in [6.45, 7) is 0.233. The highest BCUT2D eigenvalue weighted by atomic mass is 16.3. The summed E-state index contributed by atoms with van der Waals surface area (Å²) >= 11 is 0. The number of hydrogen-bond donors (Lipinski definition) is 3. The van der Waals surface area contributed by atoms with Crippen LogP contribution in [-0.2, 0) is 16.0 Å². The highest BCUT2D eigenvalue weighted by Crippen LogP contribution is 2.36. The van der Waals surface area contributed by atoms with Crippen LogP contribution in [0.1, 0.15) is 50.5 Å². The van der Waals surface area contributed by atoms with Crippen molar-refractivity contribution in [3.63, 3.8) is 0 Å². The molecule has 1 aliphatic rings. The summed E-state index contributed by atoms with van der Waals surface area (Å²) < 4.78 is 0. The molecule has 1 atom stereocenters. The molecule has 3 N–H and O–H groups in total. The van der Waals surface area contributed by atoms with E-state index in [0.29, 0.717) is 25.3 Å². The van der Waals surface area contributed by atoms with Crippen LogP contribution >= 0.6 is 0 Å². The van der Waals surface area contributed by atoms with Crippen molar-refractivity contribution < 1.29 is 14.7 Å². The van der Waals surface area contributed by atoms with Gasteiger partial charge in [0, 0.05) is 13.0 Å². The highest BCUT2D eigenvalue weighted by molar-refractivity contribution is 6.23. The minimum atomic E-state index is -0.888. The number of benzene rings is 4. The quantitative estimate of drug-likeness (QED) is 0.299. The molecule has 0 aliphatic heterocycles. The molecule has 0 unspecified atom stereocenters. The summed E-state index contributed by atoms with van der Waals surface area (Å²) in [6, 6.07) is 18.6. The number of carbonyl (C=O) groups is 2. The van der Waals surface area contributed by atoms with Crippen molar-refractivity contribution in [2.75, 3.05) is 13.2 Å². The van der Waals surface area contributed by atoms with Gasteiger partial charge >= 0.3 is 0 Å². The van der Waals surface area contributed by atoms with E-state index in [1.807, 2.05) is 0 Å². The zero-order chi connectivity index (χ0) is 24.2. The van der Waals surface area contributed by atoms with Gasteiger partial charge in [0.1, 0.15) is 6.04 Å². The smallest absolute Gasteiger partial charge is 0.244 e. The fourth-order valence-corrected chi connectivity index (χ4v) is 5.67. The minimum absolute atomic E-state index is 0.199. The van der Waals surface area contributed by atoms with Crippen LogP contribution in [0, 0.1) is 5.92 Å². The van der Waals surface area contributed by atoms with Gasteiger partial charge in [-0.1, -0.05) is 73.9 Å². The van der Waals surface area contributed by atoms with Gasteiger partial charge in [-0.25, -0.2) is 0 Å². The van der Waals surface area contributed by atoms with Crippen LogP contribution in [0.5, 0.6) is 0 Å². The van der Waals surface area contributed by atoms with Crippen LogP contribution in [0.2, 0.25) is 0 Å². The third-order valence-electron chi connectivity index (χ3n) is 7.59. The largest absolute Gasteiger partial charge is 0.394 e. The molecule has 1 aliphatic carbocycles. The van der Waals surface area contributed by atoms with Gasteiger partial charge in [-0.15, -0.1) is 0 Å². The summed E-state index contributed by atoms with van der Waals surface area (Å²) in [4.78, 5) is 25.0. The second-order valence-corrected chi connectivity index (χ2v) is 9.99. The number of aliphatic hydroxyl groups excluding tert-OH is 1. The normalized spacial score (nSPS) is 15.6. The molecule has 0 heterocycles. The summed E-state index contributed by atoms with van der Waals surface area (Å²) in [6.07, 6.45) is 7.75. The third kappa shape index (κ3) is 5.10. The summed E-state index contributed by atoms with van der Waals surface area (Å²) in [5.41, 5.74) is 1.23. The van der Waals surface area contributed by atoms with Crippen molar-refractivity contribution >= 4 is 44.1 Å². The molecule has 0 spiro atoms. The van der Waals surface area contributed by atoms with Crippen LogP contribution < -0.4 is 10.6 Å². The SMILES string of the molecule is O=C(CCCc1ccc2ccc3cccc4ccc1c2c34)N[C@@H](CO)C(=O)NCC1CCCCC1. The Kier molecular flexibility index (Phi) is 7.14. The van der Waals surface area contributed by atoms with Gasteiger partial charge in [-0.3, -0.25) is 9.59 Å². The molecule has 0 aromatic heterocycles. The zero-order valence-electron chi connectivity index (χ0n) is 20.2. The van der Waals surface area contributed by atoms with Gasteiger partial charge < -0.3 is 15.7 Å². The molecule has 0 saturated heterocycles. The monoisotopic (exact) mass is 470 g/mol. The Morgan fingerprint density at radius 2 is 1.57 bits per heavy atom. The lowest BCUT2D eigenvalue weighted by atomic mass is 9.89. The zero-order valence-corrected chi connectivity index (χ0v) is 20.2. The van der Waals surface area contributed by atoms with E-state index < -0.39 is 12.6 Å². The van der Waals surface area contributed by atoms with Gasteiger partial charge in [-0.2, -0.15) is 0 Å². The van der Waals surface area contributed by atoms with Gasteiger partial charge in [0.25, 0.3) is 0 Å². The Morgan fingerprint density at radius 1 is 0.886 bits per heavy atom. The van der Waals surface area contributed by atoms with E-state index in [1.54, 1.807) is 0 Å². The van der Waals surface area contributed by atoms with Crippen LogP contribution in [0.3, 0.4) is 0 Å². The van der Waals surface area contributed by atoms with Gasteiger partial charge in [0.2, 0.25) is 11.8 Å². The lowest BCUT2D eigenvalue weighted by molar-refractivity contribution is -0.130. The first-order valence-corrected chi connectivity index (χ1v) is 13.0. The Labute approximate surface area is 206 Å². The molecule has 2 amide bonds. The Balaban J connectivity index is 1.19.